The molecule has 0 saturated carbocycles. The lowest BCUT2D eigenvalue weighted by Crippen LogP contribution is -2.35. The summed E-state index contributed by atoms with van der Waals surface area (Å²) in [4.78, 5) is 31.0. The van der Waals surface area contributed by atoms with E-state index in [1.54, 1.807) is 34.5 Å². The molecule has 1 heterocycles. The van der Waals surface area contributed by atoms with E-state index in [0.717, 1.165) is 30.7 Å². The van der Waals surface area contributed by atoms with E-state index in [4.69, 9.17) is 5.26 Å². The number of hydrogen-bond donors (Lipinski definition) is 2. The van der Waals surface area contributed by atoms with Crippen LogP contribution >= 0.6 is 11.3 Å². The summed E-state index contributed by atoms with van der Waals surface area (Å²) in [5.41, 5.74) is 1.56. The molecular weight excluding hydrogens is 386 g/mol. The normalized spacial score (nSPS) is 10.2. The molecule has 154 valence electrons. The monoisotopic (exact) mass is 413 g/mol. The van der Waals surface area contributed by atoms with Crippen LogP contribution < -0.4 is 10.6 Å². The van der Waals surface area contributed by atoms with Gasteiger partial charge in [0, 0.05) is 24.2 Å². The van der Waals surface area contributed by atoms with Crippen LogP contribution in [-0.4, -0.2) is 34.9 Å². The molecular formula is C21H27N5O2S. The summed E-state index contributed by atoms with van der Waals surface area (Å²) in [6.45, 7) is 5.71. The van der Waals surface area contributed by atoms with Crippen molar-refractivity contribution in [1.29, 1.82) is 5.26 Å². The summed E-state index contributed by atoms with van der Waals surface area (Å²) < 4.78 is 0. The van der Waals surface area contributed by atoms with Gasteiger partial charge in [0.25, 0.3) is 5.91 Å². The fourth-order valence-corrected chi connectivity index (χ4v) is 3.34. The predicted octanol–water partition coefficient (Wildman–Crippen LogP) is 4.38. The van der Waals surface area contributed by atoms with Crippen LogP contribution in [0.25, 0.3) is 0 Å². The number of benzene rings is 1. The lowest BCUT2D eigenvalue weighted by molar-refractivity contribution is 0.0948. The molecule has 0 atom stereocenters. The third-order valence-electron chi connectivity index (χ3n) is 4.26. The average Bonchev–Trinajstić information content (AvgIpc) is 3.20. The molecule has 0 aliphatic carbocycles. The molecule has 2 N–H and O–H groups in total. The Kier molecular flexibility index (Phi) is 9.12. The van der Waals surface area contributed by atoms with Crippen LogP contribution in [0.4, 0.5) is 10.5 Å². The van der Waals surface area contributed by atoms with Gasteiger partial charge in [0.1, 0.15) is 10.7 Å². The van der Waals surface area contributed by atoms with Crippen molar-refractivity contribution in [2.24, 2.45) is 0 Å². The highest BCUT2D eigenvalue weighted by Crippen LogP contribution is 2.15. The highest BCUT2D eigenvalue weighted by atomic mass is 32.1. The van der Waals surface area contributed by atoms with Gasteiger partial charge in [-0.15, -0.1) is 11.3 Å². The van der Waals surface area contributed by atoms with E-state index in [1.165, 1.54) is 11.3 Å². The average molecular weight is 414 g/mol. The molecule has 8 heteroatoms. The smallest absolute Gasteiger partial charge is 0.322 e. The lowest BCUT2D eigenvalue weighted by atomic mass is 10.2. The van der Waals surface area contributed by atoms with Gasteiger partial charge >= 0.3 is 6.03 Å². The van der Waals surface area contributed by atoms with Crippen LogP contribution in [0, 0.1) is 11.3 Å². The molecule has 0 unspecified atom stereocenters. The van der Waals surface area contributed by atoms with Crippen molar-refractivity contribution in [2.45, 2.75) is 46.1 Å². The zero-order valence-electron chi connectivity index (χ0n) is 16.9. The minimum Gasteiger partial charge on any atom is -0.351 e. The summed E-state index contributed by atoms with van der Waals surface area (Å²) >= 11 is 1.38. The third kappa shape index (κ3) is 7.20. The number of carbonyl (C=O) groups excluding carboxylic acids is 2. The van der Waals surface area contributed by atoms with Gasteiger partial charge in [-0.3, -0.25) is 4.79 Å². The van der Waals surface area contributed by atoms with Gasteiger partial charge in [0.05, 0.1) is 18.2 Å². The summed E-state index contributed by atoms with van der Waals surface area (Å²) in [7, 11) is 0. The molecule has 29 heavy (non-hydrogen) atoms. The Morgan fingerprint density at radius 1 is 1.17 bits per heavy atom. The second-order valence-corrected chi connectivity index (χ2v) is 7.57. The van der Waals surface area contributed by atoms with E-state index in [2.05, 4.69) is 35.5 Å². The molecule has 2 aromatic rings. The number of nitrogens with zero attached hydrogens (tertiary/aromatic N) is 3. The molecule has 0 saturated heterocycles. The topological polar surface area (TPSA) is 98.1 Å². The quantitative estimate of drug-likeness (QED) is 0.565. The van der Waals surface area contributed by atoms with Crippen molar-refractivity contribution in [3.63, 3.8) is 0 Å². The van der Waals surface area contributed by atoms with E-state index >= 15 is 0 Å². The summed E-state index contributed by atoms with van der Waals surface area (Å²) in [5, 5.41) is 17.0. The fourth-order valence-electron chi connectivity index (χ4n) is 2.55. The number of nitrogens with one attached hydrogen (secondary N) is 2. The molecule has 1 aromatic carbocycles. The lowest BCUT2D eigenvalue weighted by Gasteiger charge is -2.22. The van der Waals surface area contributed by atoms with Crippen molar-refractivity contribution in [1.82, 2.24) is 15.2 Å². The summed E-state index contributed by atoms with van der Waals surface area (Å²) in [6, 6.07) is 8.56. The maximum atomic E-state index is 12.7. The Morgan fingerprint density at radius 2 is 1.90 bits per heavy atom. The molecule has 2 rings (SSSR count). The minimum absolute atomic E-state index is 0.178. The molecule has 0 aliphatic heterocycles. The highest BCUT2D eigenvalue weighted by molar-refractivity contribution is 7.09. The number of urea groups is 1. The number of aromatic nitrogens is 1. The van der Waals surface area contributed by atoms with E-state index in [9.17, 15) is 9.59 Å². The largest absolute Gasteiger partial charge is 0.351 e. The van der Waals surface area contributed by atoms with Gasteiger partial charge < -0.3 is 15.5 Å². The van der Waals surface area contributed by atoms with Gasteiger partial charge in [0.2, 0.25) is 0 Å². The highest BCUT2D eigenvalue weighted by Gasteiger charge is 2.17. The zero-order chi connectivity index (χ0) is 21.1. The number of carbonyl (C=O) groups is 2. The third-order valence-corrected chi connectivity index (χ3v) is 5.09. The second kappa shape index (κ2) is 11.8. The van der Waals surface area contributed by atoms with Crippen molar-refractivity contribution in [2.75, 3.05) is 18.4 Å². The zero-order valence-corrected chi connectivity index (χ0v) is 17.7. The van der Waals surface area contributed by atoms with Crippen LogP contribution in [0.5, 0.6) is 0 Å². The maximum Gasteiger partial charge on any atom is 0.322 e. The van der Waals surface area contributed by atoms with Gasteiger partial charge in [-0.2, -0.15) is 5.26 Å². The van der Waals surface area contributed by atoms with Gasteiger partial charge in [0.15, 0.2) is 0 Å². The van der Waals surface area contributed by atoms with Crippen LogP contribution in [0.2, 0.25) is 0 Å². The Balaban J connectivity index is 2.01. The number of nitriles is 1. The van der Waals surface area contributed by atoms with Crippen molar-refractivity contribution in [3.05, 3.63) is 45.9 Å². The number of hydrogen-bond acceptors (Lipinski definition) is 5. The molecule has 0 spiro atoms. The predicted molar refractivity (Wildman–Crippen MR) is 115 cm³/mol. The summed E-state index contributed by atoms with van der Waals surface area (Å²) in [6.07, 6.45) is 3.78. The van der Waals surface area contributed by atoms with Crippen molar-refractivity contribution in [3.8, 4) is 6.07 Å². The van der Waals surface area contributed by atoms with Crippen LogP contribution in [0.15, 0.2) is 29.6 Å². The Hall–Kier alpha value is -2.92. The van der Waals surface area contributed by atoms with Crippen molar-refractivity contribution < 1.29 is 9.59 Å². The van der Waals surface area contributed by atoms with E-state index in [0.29, 0.717) is 36.6 Å². The molecule has 0 fully saturated rings. The van der Waals surface area contributed by atoms with E-state index < -0.39 is 0 Å². The van der Waals surface area contributed by atoms with Gasteiger partial charge in [-0.1, -0.05) is 26.7 Å². The van der Waals surface area contributed by atoms with Crippen LogP contribution in [0.3, 0.4) is 0 Å². The first-order chi connectivity index (χ1) is 14.1. The minimum atomic E-state index is -0.229. The van der Waals surface area contributed by atoms with Gasteiger partial charge in [-0.05, 0) is 37.1 Å². The Bertz CT molecular complexity index is 842. The Labute approximate surface area is 175 Å². The molecule has 7 nitrogen and oxygen atoms in total. The number of rotatable bonds is 10. The number of unbranched alkanes of at least 4 members (excludes halogenated alkanes) is 2. The SMILES string of the molecule is CCCCNC(=O)c1csc(CN(CCCC)C(=O)Nc2ccc(C#N)cc2)n1. The Morgan fingerprint density at radius 3 is 2.55 bits per heavy atom. The molecule has 0 bridgehead atoms. The molecule has 0 aliphatic rings. The van der Waals surface area contributed by atoms with Crippen molar-refractivity contribution >= 4 is 29.0 Å². The van der Waals surface area contributed by atoms with E-state index in [-0.39, 0.29) is 11.9 Å². The standard InChI is InChI=1S/C21H27N5O2S/c1-3-5-11-23-20(27)18-15-29-19(25-18)14-26(12-6-4-2)21(28)24-17-9-7-16(13-22)8-10-17/h7-10,15H,3-6,11-12,14H2,1-2H3,(H,23,27)(H,24,28). The summed E-state index contributed by atoms with van der Waals surface area (Å²) in [5.74, 6) is -0.178. The maximum absolute atomic E-state index is 12.7. The number of thiazole rings is 1. The van der Waals surface area contributed by atoms with Crippen LogP contribution in [-0.2, 0) is 6.54 Å². The van der Waals surface area contributed by atoms with Gasteiger partial charge in [-0.25, -0.2) is 9.78 Å². The number of anilines is 1. The molecule has 3 amide bonds. The molecule has 1 aromatic heterocycles. The first-order valence-corrected chi connectivity index (χ1v) is 10.7. The first kappa shape index (κ1) is 22.4. The van der Waals surface area contributed by atoms with Crippen LogP contribution in [0.1, 0.15) is 60.6 Å². The van der Waals surface area contributed by atoms with E-state index in [1.807, 2.05) is 0 Å². The molecule has 0 radical (unpaired) electrons. The second-order valence-electron chi connectivity index (χ2n) is 6.63. The number of amides is 3. The fraction of sp³-hybridized carbons (Fsp3) is 0.429. The first-order valence-electron chi connectivity index (χ1n) is 9.86.